The molecule has 5 rings (SSSR count). The number of nitriles is 1. The standard InChI is InChI=1S/C31H30N4O.BrH/c1-23-34(22-25-14-12-24(21-32)13-15-25)18-19-35(23)29-17-16-28(20-29)31(30(33)36,26-8-4-2-5-9-26)27-10-6-3-7-11-27;/h2-15,18-19,28-29H,16-17,20,22H2,1H3,(H-,33,36);1H/t28-,29+;/m1./s1. The Morgan fingerprint density at radius 1 is 1.00 bits per heavy atom. The van der Waals surface area contributed by atoms with Crippen molar-refractivity contribution in [2.45, 2.75) is 44.2 Å². The van der Waals surface area contributed by atoms with E-state index in [1.165, 1.54) is 5.82 Å². The Morgan fingerprint density at radius 3 is 2.14 bits per heavy atom. The Balaban J connectivity index is 0.00000320. The normalized spacial score (nSPS) is 17.1. The first-order chi connectivity index (χ1) is 17.5. The van der Waals surface area contributed by atoms with Gasteiger partial charge in [0.2, 0.25) is 5.91 Å². The lowest BCUT2D eigenvalue weighted by Gasteiger charge is -2.37. The Hall–Kier alpha value is -3.69. The van der Waals surface area contributed by atoms with Crippen molar-refractivity contribution in [2.24, 2.45) is 11.7 Å². The van der Waals surface area contributed by atoms with Crippen LogP contribution in [-0.2, 0) is 16.8 Å². The fourth-order valence-electron chi connectivity index (χ4n) is 6.08. The molecule has 4 aromatic rings. The van der Waals surface area contributed by atoms with E-state index in [2.05, 4.69) is 34.5 Å². The van der Waals surface area contributed by atoms with Crippen LogP contribution in [0.15, 0.2) is 97.3 Å². The number of halogens is 1. The molecule has 2 N–H and O–H groups in total. The number of carbonyl (C=O) groups is 1. The summed E-state index contributed by atoms with van der Waals surface area (Å²) in [6, 6.07) is 30.3. The molecular formula is C31H31BrN4O. The van der Waals surface area contributed by atoms with Crippen molar-refractivity contribution in [3.05, 3.63) is 125 Å². The van der Waals surface area contributed by atoms with Crippen LogP contribution in [0.2, 0.25) is 0 Å². The van der Waals surface area contributed by atoms with Crippen molar-refractivity contribution in [1.29, 1.82) is 5.26 Å². The van der Waals surface area contributed by atoms with Gasteiger partial charge in [-0.2, -0.15) is 5.26 Å². The molecule has 37 heavy (non-hydrogen) atoms. The fraction of sp³-hybridized carbons (Fsp3) is 0.258. The van der Waals surface area contributed by atoms with Crippen LogP contribution < -0.4 is 27.3 Å². The number of benzene rings is 3. The van der Waals surface area contributed by atoms with E-state index < -0.39 is 5.41 Å². The first-order valence-electron chi connectivity index (χ1n) is 12.5. The average Bonchev–Trinajstić information content (AvgIpc) is 3.53. The van der Waals surface area contributed by atoms with Gasteiger partial charge in [-0.15, -0.1) is 0 Å². The maximum absolute atomic E-state index is 13.4. The maximum atomic E-state index is 13.4. The van der Waals surface area contributed by atoms with Crippen molar-refractivity contribution < 1.29 is 26.3 Å². The summed E-state index contributed by atoms with van der Waals surface area (Å²) in [6.45, 7) is 2.90. The van der Waals surface area contributed by atoms with Gasteiger partial charge in [-0.1, -0.05) is 72.8 Å². The Morgan fingerprint density at radius 2 is 1.59 bits per heavy atom. The van der Waals surface area contributed by atoms with E-state index >= 15 is 0 Å². The monoisotopic (exact) mass is 554 g/mol. The second-order valence-electron chi connectivity index (χ2n) is 9.76. The minimum atomic E-state index is -0.864. The molecule has 1 aromatic heterocycles. The lowest BCUT2D eigenvalue weighted by Crippen LogP contribution is -3.00. The summed E-state index contributed by atoms with van der Waals surface area (Å²) in [7, 11) is 0. The van der Waals surface area contributed by atoms with Crippen LogP contribution in [-0.4, -0.2) is 10.5 Å². The predicted octanol–water partition coefficient (Wildman–Crippen LogP) is 1.82. The minimum Gasteiger partial charge on any atom is -1.00 e. The molecule has 188 valence electrons. The molecule has 0 bridgehead atoms. The number of primary amides is 1. The highest BCUT2D eigenvalue weighted by molar-refractivity contribution is 5.91. The highest BCUT2D eigenvalue weighted by Crippen LogP contribution is 2.48. The zero-order chi connectivity index (χ0) is 25.1. The molecule has 1 heterocycles. The third-order valence-corrected chi connectivity index (χ3v) is 7.89. The van der Waals surface area contributed by atoms with E-state index in [1.54, 1.807) is 0 Å². The predicted molar refractivity (Wildman–Crippen MR) is 139 cm³/mol. The van der Waals surface area contributed by atoms with Gasteiger partial charge in [0.15, 0.2) is 0 Å². The van der Waals surface area contributed by atoms with Gasteiger partial charge in [0.05, 0.1) is 11.6 Å². The van der Waals surface area contributed by atoms with Crippen molar-refractivity contribution in [3.8, 4) is 6.07 Å². The SMILES string of the molecule is Cc1n(Cc2ccc(C#N)cc2)cc[n+]1[C@H]1CC[C@@H](C(C(N)=O)(c2ccccc2)c2ccccc2)C1.[Br-]. The van der Waals surface area contributed by atoms with Crippen LogP contribution >= 0.6 is 0 Å². The van der Waals surface area contributed by atoms with Crippen molar-refractivity contribution in [2.75, 3.05) is 0 Å². The summed E-state index contributed by atoms with van der Waals surface area (Å²) >= 11 is 0. The largest absolute Gasteiger partial charge is 1.00 e. The molecule has 1 fully saturated rings. The van der Waals surface area contributed by atoms with Gasteiger partial charge in [-0.3, -0.25) is 4.79 Å². The molecule has 0 aliphatic heterocycles. The lowest BCUT2D eigenvalue weighted by molar-refractivity contribution is -0.727. The third kappa shape index (κ3) is 4.84. The molecular weight excluding hydrogens is 524 g/mol. The van der Waals surface area contributed by atoms with E-state index in [-0.39, 0.29) is 28.8 Å². The molecule has 2 atom stereocenters. The van der Waals surface area contributed by atoms with Crippen LogP contribution in [0.5, 0.6) is 0 Å². The lowest BCUT2D eigenvalue weighted by atomic mass is 9.64. The molecule has 5 nitrogen and oxygen atoms in total. The topological polar surface area (TPSA) is 75.7 Å². The van der Waals surface area contributed by atoms with E-state index in [0.29, 0.717) is 11.6 Å². The summed E-state index contributed by atoms with van der Waals surface area (Å²) in [5.74, 6) is 0.985. The van der Waals surface area contributed by atoms with E-state index in [1.807, 2.05) is 84.9 Å². The Kier molecular flexibility index (Phi) is 7.94. The van der Waals surface area contributed by atoms with Crippen molar-refractivity contribution in [3.63, 3.8) is 0 Å². The molecule has 3 aromatic carbocycles. The van der Waals surface area contributed by atoms with Gasteiger partial charge < -0.3 is 22.7 Å². The van der Waals surface area contributed by atoms with Crippen LogP contribution in [0.25, 0.3) is 0 Å². The minimum absolute atomic E-state index is 0. The quantitative estimate of drug-likeness (QED) is 0.354. The first-order valence-corrected chi connectivity index (χ1v) is 12.5. The van der Waals surface area contributed by atoms with Crippen molar-refractivity contribution >= 4 is 5.91 Å². The summed E-state index contributed by atoms with van der Waals surface area (Å²) in [6.07, 6.45) is 7.06. The number of rotatable bonds is 7. The fourth-order valence-corrected chi connectivity index (χ4v) is 6.08. The van der Waals surface area contributed by atoms with Crippen LogP contribution in [0.4, 0.5) is 0 Å². The number of imidazole rings is 1. The highest BCUT2D eigenvalue weighted by Gasteiger charge is 2.51. The first kappa shape index (κ1) is 26.4. The molecule has 0 unspecified atom stereocenters. The second kappa shape index (κ2) is 11.1. The van der Waals surface area contributed by atoms with Crippen molar-refractivity contribution in [1.82, 2.24) is 4.57 Å². The van der Waals surface area contributed by atoms with Gasteiger partial charge >= 0.3 is 0 Å². The average molecular weight is 556 g/mol. The maximum Gasteiger partial charge on any atom is 0.253 e. The number of aromatic nitrogens is 2. The van der Waals surface area contributed by atoms with Gasteiger partial charge in [-0.05, 0) is 54.0 Å². The summed E-state index contributed by atoms with van der Waals surface area (Å²) in [5.41, 5.74) is 9.17. The molecule has 1 aliphatic carbocycles. The Bertz CT molecular complexity index is 1350. The molecule has 1 aliphatic rings. The zero-order valence-corrected chi connectivity index (χ0v) is 22.5. The number of nitrogens with zero attached hydrogens (tertiary/aromatic N) is 3. The van der Waals surface area contributed by atoms with E-state index in [9.17, 15) is 4.79 Å². The van der Waals surface area contributed by atoms with E-state index in [0.717, 1.165) is 42.5 Å². The van der Waals surface area contributed by atoms with Gasteiger partial charge in [-0.25, -0.2) is 9.13 Å². The van der Waals surface area contributed by atoms with Gasteiger partial charge in [0.25, 0.3) is 5.82 Å². The van der Waals surface area contributed by atoms with Crippen LogP contribution in [0.3, 0.4) is 0 Å². The molecule has 0 radical (unpaired) electrons. The highest BCUT2D eigenvalue weighted by atomic mass is 79.9. The van der Waals surface area contributed by atoms with Gasteiger partial charge in [0, 0.05) is 6.92 Å². The smallest absolute Gasteiger partial charge is 0.253 e. The summed E-state index contributed by atoms with van der Waals surface area (Å²) in [5, 5.41) is 9.06. The molecule has 0 spiro atoms. The molecule has 6 heteroatoms. The molecule has 1 saturated carbocycles. The molecule has 1 amide bonds. The number of hydrogen-bond acceptors (Lipinski definition) is 2. The second-order valence-corrected chi connectivity index (χ2v) is 9.76. The summed E-state index contributed by atoms with van der Waals surface area (Å²) < 4.78 is 4.59. The van der Waals surface area contributed by atoms with Crippen LogP contribution in [0.1, 0.15) is 53.4 Å². The third-order valence-electron chi connectivity index (χ3n) is 7.89. The van der Waals surface area contributed by atoms with Crippen LogP contribution in [0, 0.1) is 24.2 Å². The van der Waals surface area contributed by atoms with E-state index in [4.69, 9.17) is 11.0 Å². The number of amides is 1. The number of hydrogen-bond donors (Lipinski definition) is 1. The zero-order valence-electron chi connectivity index (χ0n) is 20.9. The van der Waals surface area contributed by atoms with Gasteiger partial charge in [0.1, 0.15) is 30.4 Å². The molecule has 0 saturated heterocycles. The number of carbonyl (C=O) groups excluding carboxylic acids is 1. The number of nitrogens with two attached hydrogens (primary N) is 1. The summed E-state index contributed by atoms with van der Waals surface area (Å²) in [4.78, 5) is 13.4. The Labute approximate surface area is 229 Å².